The molecule has 2 aliphatic rings. The van der Waals surface area contributed by atoms with Crippen molar-refractivity contribution in [1.29, 1.82) is 0 Å². The molecule has 0 amide bonds. The standard InChI is InChI=1S/C16H18N4O3/c1-22-10-3-4-11(15(7-10)23-2)9-5-13-12(14(21)6-9)8-18-16(17)20-19-13/h3-5,7-9,19H,6H2,1-2H3,(H3,17,18,20)/t9-/m0/s1. The van der Waals surface area contributed by atoms with Gasteiger partial charge in [-0.3, -0.25) is 15.6 Å². The van der Waals surface area contributed by atoms with Gasteiger partial charge in [-0.15, -0.1) is 0 Å². The number of Topliss-reactive ketones (excluding diaryl/α,β-unsaturated/α-hetero) is 1. The van der Waals surface area contributed by atoms with E-state index in [-0.39, 0.29) is 17.7 Å². The van der Waals surface area contributed by atoms with Crippen LogP contribution in [0.3, 0.4) is 0 Å². The summed E-state index contributed by atoms with van der Waals surface area (Å²) in [6.45, 7) is 0. The molecule has 23 heavy (non-hydrogen) atoms. The third-order valence-electron chi connectivity index (χ3n) is 3.86. The Morgan fingerprint density at radius 3 is 2.83 bits per heavy atom. The van der Waals surface area contributed by atoms with Gasteiger partial charge >= 0.3 is 0 Å². The number of hydrogen-bond donors (Lipinski definition) is 3. The Morgan fingerprint density at radius 2 is 2.09 bits per heavy atom. The number of aliphatic imine (C=N–C) groups is 1. The van der Waals surface area contributed by atoms with Gasteiger partial charge in [0.25, 0.3) is 0 Å². The molecule has 1 heterocycles. The van der Waals surface area contributed by atoms with Gasteiger partial charge in [0.15, 0.2) is 5.78 Å². The van der Waals surface area contributed by atoms with Crippen molar-refractivity contribution in [1.82, 2.24) is 10.9 Å². The molecule has 7 nitrogen and oxygen atoms in total. The number of nitrogens with two attached hydrogens (primary N) is 1. The van der Waals surface area contributed by atoms with Gasteiger partial charge in [-0.2, -0.15) is 0 Å². The zero-order chi connectivity index (χ0) is 16.4. The maximum atomic E-state index is 12.4. The predicted molar refractivity (Wildman–Crippen MR) is 86.0 cm³/mol. The highest BCUT2D eigenvalue weighted by Crippen LogP contribution is 2.37. The molecule has 1 aromatic carbocycles. The fraction of sp³-hybridized carbons (Fsp3) is 0.250. The number of hydrogen-bond acceptors (Lipinski definition) is 7. The van der Waals surface area contributed by atoms with Crippen molar-refractivity contribution < 1.29 is 14.3 Å². The van der Waals surface area contributed by atoms with Crippen LogP contribution in [0, 0.1) is 0 Å². The first-order valence-electron chi connectivity index (χ1n) is 7.15. The zero-order valence-electron chi connectivity index (χ0n) is 12.9. The van der Waals surface area contributed by atoms with Crippen LogP contribution in [-0.2, 0) is 4.79 Å². The molecule has 0 fully saturated rings. The number of benzene rings is 1. The van der Waals surface area contributed by atoms with Gasteiger partial charge in [-0.25, -0.2) is 4.99 Å². The highest BCUT2D eigenvalue weighted by Gasteiger charge is 2.28. The highest BCUT2D eigenvalue weighted by atomic mass is 16.5. The van der Waals surface area contributed by atoms with E-state index < -0.39 is 0 Å². The summed E-state index contributed by atoms with van der Waals surface area (Å²) < 4.78 is 10.7. The van der Waals surface area contributed by atoms with E-state index in [1.807, 2.05) is 24.3 Å². The van der Waals surface area contributed by atoms with Gasteiger partial charge < -0.3 is 15.2 Å². The summed E-state index contributed by atoms with van der Waals surface area (Å²) in [5.41, 5.74) is 13.4. The lowest BCUT2D eigenvalue weighted by Crippen LogP contribution is -2.42. The lowest BCUT2D eigenvalue weighted by molar-refractivity contribution is -0.115. The molecule has 120 valence electrons. The number of carbonyl (C=O) groups excluding carboxylic acids is 1. The Labute approximate surface area is 133 Å². The van der Waals surface area contributed by atoms with Crippen LogP contribution >= 0.6 is 0 Å². The zero-order valence-corrected chi connectivity index (χ0v) is 12.9. The first kappa shape index (κ1) is 15.0. The number of allylic oxidation sites excluding steroid dienone is 2. The van der Waals surface area contributed by atoms with Gasteiger partial charge in [0.05, 0.1) is 25.5 Å². The minimum absolute atomic E-state index is 0.00174. The number of ketones is 1. The van der Waals surface area contributed by atoms with Gasteiger partial charge in [0.1, 0.15) is 11.5 Å². The Kier molecular flexibility index (Phi) is 3.92. The molecule has 0 aromatic heterocycles. The third kappa shape index (κ3) is 2.85. The molecule has 7 heteroatoms. The van der Waals surface area contributed by atoms with E-state index in [9.17, 15) is 4.79 Å². The van der Waals surface area contributed by atoms with Crippen molar-refractivity contribution in [2.24, 2.45) is 10.7 Å². The van der Waals surface area contributed by atoms with E-state index in [2.05, 4.69) is 15.8 Å². The van der Waals surface area contributed by atoms with Crippen LogP contribution in [0.5, 0.6) is 11.5 Å². The van der Waals surface area contributed by atoms with E-state index in [1.54, 1.807) is 14.2 Å². The highest BCUT2D eigenvalue weighted by molar-refractivity contribution is 6.02. The summed E-state index contributed by atoms with van der Waals surface area (Å²) in [4.78, 5) is 16.4. The minimum atomic E-state index is -0.107. The molecular weight excluding hydrogens is 296 g/mol. The summed E-state index contributed by atoms with van der Waals surface area (Å²) in [7, 11) is 3.20. The van der Waals surface area contributed by atoms with Crippen molar-refractivity contribution >= 4 is 11.7 Å². The second-order valence-electron chi connectivity index (χ2n) is 5.23. The van der Waals surface area contributed by atoms with Crippen molar-refractivity contribution in [3.63, 3.8) is 0 Å². The van der Waals surface area contributed by atoms with Gasteiger partial charge in [-0.1, -0.05) is 12.1 Å². The summed E-state index contributed by atoms with van der Waals surface area (Å²) in [5, 5.41) is 0. The van der Waals surface area contributed by atoms with Crippen molar-refractivity contribution in [3.05, 3.63) is 47.3 Å². The number of rotatable bonds is 3. The first-order valence-corrected chi connectivity index (χ1v) is 7.15. The molecule has 1 aromatic rings. The summed E-state index contributed by atoms with van der Waals surface area (Å²) in [5.74, 6) is 1.49. The smallest absolute Gasteiger partial charge is 0.212 e. The Bertz CT molecular complexity index is 737. The number of carbonyl (C=O) groups is 1. The topological polar surface area (TPSA) is 98.0 Å². The second kappa shape index (κ2) is 6.04. The average molecular weight is 314 g/mol. The van der Waals surface area contributed by atoms with Gasteiger partial charge in [0.2, 0.25) is 5.96 Å². The molecule has 0 saturated carbocycles. The molecule has 0 radical (unpaired) electrons. The number of nitrogens with one attached hydrogen (secondary N) is 2. The largest absolute Gasteiger partial charge is 0.497 e. The number of guanidine groups is 1. The maximum Gasteiger partial charge on any atom is 0.212 e. The van der Waals surface area contributed by atoms with Crippen molar-refractivity contribution in [2.45, 2.75) is 12.3 Å². The van der Waals surface area contributed by atoms with E-state index in [0.29, 0.717) is 29.2 Å². The van der Waals surface area contributed by atoms with Gasteiger partial charge in [0, 0.05) is 30.2 Å². The lowest BCUT2D eigenvalue weighted by Gasteiger charge is -2.24. The van der Waals surface area contributed by atoms with Crippen LogP contribution in [0.2, 0.25) is 0 Å². The summed E-state index contributed by atoms with van der Waals surface area (Å²) in [6.07, 6.45) is 3.80. The van der Waals surface area contributed by atoms with Crippen LogP contribution in [0.1, 0.15) is 17.9 Å². The van der Waals surface area contributed by atoms with Crippen LogP contribution in [0.25, 0.3) is 0 Å². The third-order valence-corrected chi connectivity index (χ3v) is 3.86. The van der Waals surface area contributed by atoms with Crippen LogP contribution in [-0.4, -0.2) is 26.0 Å². The first-order chi connectivity index (χ1) is 11.1. The Balaban J connectivity index is 1.99. The molecule has 0 unspecified atom stereocenters. The normalized spacial score (nSPS) is 20.0. The monoisotopic (exact) mass is 314 g/mol. The van der Waals surface area contributed by atoms with Gasteiger partial charge in [-0.05, 0) is 6.07 Å². The number of hydrazine groups is 1. The summed E-state index contributed by atoms with van der Waals surface area (Å²) in [6, 6.07) is 5.58. The van der Waals surface area contributed by atoms with Crippen molar-refractivity contribution in [2.75, 3.05) is 14.2 Å². The van der Waals surface area contributed by atoms with Crippen LogP contribution in [0.4, 0.5) is 0 Å². The number of fused-ring (bicyclic) bond motifs is 1. The molecule has 1 aliphatic carbocycles. The minimum Gasteiger partial charge on any atom is -0.497 e. The van der Waals surface area contributed by atoms with E-state index in [4.69, 9.17) is 15.2 Å². The predicted octanol–water partition coefficient (Wildman–Crippen LogP) is 0.950. The average Bonchev–Trinajstić information content (AvgIpc) is 2.76. The molecular formula is C16H18N4O3. The summed E-state index contributed by atoms with van der Waals surface area (Å²) >= 11 is 0. The Hall–Kier alpha value is -2.96. The lowest BCUT2D eigenvalue weighted by atomic mass is 9.84. The molecule has 0 spiro atoms. The number of nitrogens with zero attached hydrogens (tertiary/aromatic N) is 1. The van der Waals surface area contributed by atoms with Crippen LogP contribution in [0.15, 0.2) is 46.7 Å². The quantitative estimate of drug-likeness (QED) is 0.768. The van der Waals surface area contributed by atoms with E-state index in [1.165, 1.54) is 6.20 Å². The number of methoxy groups -OCH3 is 2. The number of ether oxygens (including phenoxy) is 2. The second-order valence-corrected chi connectivity index (χ2v) is 5.23. The fourth-order valence-corrected chi connectivity index (χ4v) is 2.68. The maximum absolute atomic E-state index is 12.4. The van der Waals surface area contributed by atoms with E-state index in [0.717, 1.165) is 5.56 Å². The molecule has 1 atom stereocenters. The molecule has 0 bridgehead atoms. The molecule has 0 saturated heterocycles. The SMILES string of the molecule is COc1ccc([C@H]2C=C3NNC(N)=NC=C3C(=O)C2)c(OC)c1. The molecule has 3 rings (SSSR count). The molecule has 4 N–H and O–H groups in total. The van der Waals surface area contributed by atoms with E-state index >= 15 is 0 Å². The fourth-order valence-electron chi connectivity index (χ4n) is 2.68. The molecule has 1 aliphatic heterocycles. The Morgan fingerprint density at radius 1 is 1.26 bits per heavy atom. The van der Waals surface area contributed by atoms with Crippen LogP contribution < -0.4 is 26.1 Å². The van der Waals surface area contributed by atoms with Crippen molar-refractivity contribution in [3.8, 4) is 11.5 Å².